The van der Waals surface area contributed by atoms with Crippen LogP contribution in [0.15, 0.2) is 47.4 Å². The number of thiocarbonyl (C=S) groups is 1. The Hall–Kier alpha value is -2.22. The van der Waals surface area contributed by atoms with Crippen LogP contribution >= 0.6 is 35.6 Å². The van der Waals surface area contributed by atoms with E-state index < -0.39 is 0 Å². The van der Waals surface area contributed by atoms with E-state index in [0.29, 0.717) is 44.7 Å². The Morgan fingerprint density at radius 2 is 1.85 bits per heavy atom. The molecule has 0 bridgehead atoms. The van der Waals surface area contributed by atoms with E-state index in [1.54, 1.807) is 37.5 Å². The van der Waals surface area contributed by atoms with Gasteiger partial charge in [0.25, 0.3) is 5.91 Å². The third-order valence-electron chi connectivity index (χ3n) is 3.56. The predicted octanol–water partition coefficient (Wildman–Crippen LogP) is 4.30. The quantitative estimate of drug-likeness (QED) is 0.408. The first-order valence-electron chi connectivity index (χ1n) is 8.00. The molecule has 0 spiro atoms. The Labute approximate surface area is 171 Å². The van der Waals surface area contributed by atoms with Crippen LogP contribution in [-0.4, -0.2) is 30.6 Å². The van der Waals surface area contributed by atoms with Crippen LogP contribution in [0.3, 0.4) is 0 Å². The van der Waals surface area contributed by atoms with E-state index in [1.165, 1.54) is 11.8 Å². The van der Waals surface area contributed by atoms with Crippen molar-refractivity contribution >= 4 is 51.9 Å². The highest BCUT2D eigenvalue weighted by Gasteiger charge is 2.22. The fourth-order valence-corrected chi connectivity index (χ4v) is 3.57. The topological polar surface area (TPSA) is 56.8 Å². The molecule has 1 fully saturated rings. The highest BCUT2D eigenvalue weighted by atomic mass is 35.5. The molecule has 1 saturated heterocycles. The first kappa shape index (κ1) is 19.5. The number of benzene rings is 2. The minimum absolute atomic E-state index is 0.194. The van der Waals surface area contributed by atoms with Gasteiger partial charge in [-0.2, -0.15) is 0 Å². The van der Waals surface area contributed by atoms with Crippen molar-refractivity contribution in [3.05, 3.63) is 58.0 Å². The number of halogens is 1. The third-order valence-corrected chi connectivity index (χ3v) is 5.04. The van der Waals surface area contributed by atoms with Crippen LogP contribution in [0.2, 0.25) is 5.02 Å². The Kier molecular flexibility index (Phi) is 6.60. The summed E-state index contributed by atoms with van der Waals surface area (Å²) < 4.78 is 17.2. The Morgan fingerprint density at radius 3 is 2.52 bits per heavy atom. The Morgan fingerprint density at radius 1 is 1.11 bits per heavy atom. The fourth-order valence-electron chi connectivity index (χ4n) is 2.33. The van der Waals surface area contributed by atoms with Gasteiger partial charge in [-0.05, 0) is 35.9 Å². The number of rotatable bonds is 7. The van der Waals surface area contributed by atoms with Crippen molar-refractivity contribution in [2.75, 3.05) is 20.3 Å². The van der Waals surface area contributed by atoms with E-state index in [-0.39, 0.29) is 5.91 Å². The van der Waals surface area contributed by atoms with Gasteiger partial charge in [-0.15, -0.1) is 0 Å². The molecule has 1 aliphatic rings. The van der Waals surface area contributed by atoms with E-state index in [4.69, 9.17) is 38.0 Å². The van der Waals surface area contributed by atoms with Crippen molar-refractivity contribution in [3.63, 3.8) is 0 Å². The monoisotopic (exact) mass is 421 g/mol. The molecule has 27 heavy (non-hydrogen) atoms. The van der Waals surface area contributed by atoms with E-state index in [2.05, 4.69) is 5.32 Å². The van der Waals surface area contributed by atoms with Gasteiger partial charge in [-0.1, -0.05) is 53.8 Å². The van der Waals surface area contributed by atoms with E-state index >= 15 is 0 Å². The predicted molar refractivity (Wildman–Crippen MR) is 112 cm³/mol. The molecule has 1 heterocycles. The smallest absolute Gasteiger partial charge is 0.263 e. The Balaban J connectivity index is 1.61. The van der Waals surface area contributed by atoms with E-state index in [9.17, 15) is 4.79 Å². The van der Waals surface area contributed by atoms with Gasteiger partial charge in [0.2, 0.25) is 0 Å². The normalized spacial score (nSPS) is 15.0. The summed E-state index contributed by atoms with van der Waals surface area (Å²) in [5, 5.41) is 3.14. The molecule has 0 aliphatic carbocycles. The van der Waals surface area contributed by atoms with Gasteiger partial charge in [0.05, 0.1) is 17.0 Å². The molecule has 1 aliphatic heterocycles. The van der Waals surface area contributed by atoms with Crippen LogP contribution < -0.4 is 19.5 Å². The van der Waals surface area contributed by atoms with Crippen molar-refractivity contribution in [2.24, 2.45) is 0 Å². The van der Waals surface area contributed by atoms with Crippen molar-refractivity contribution in [2.45, 2.75) is 0 Å². The molecule has 3 rings (SSSR count). The van der Waals surface area contributed by atoms with Crippen LogP contribution in [0.1, 0.15) is 5.56 Å². The van der Waals surface area contributed by atoms with E-state index in [0.717, 1.165) is 5.56 Å². The van der Waals surface area contributed by atoms with Crippen LogP contribution in [0.5, 0.6) is 17.2 Å². The molecule has 5 nitrogen and oxygen atoms in total. The van der Waals surface area contributed by atoms with Gasteiger partial charge >= 0.3 is 0 Å². The average molecular weight is 422 g/mol. The average Bonchev–Trinajstić information content (AvgIpc) is 2.97. The molecule has 0 atom stereocenters. The zero-order valence-corrected chi connectivity index (χ0v) is 16.7. The number of para-hydroxylation sites is 1. The number of thioether (sulfide) groups is 1. The number of amides is 1. The van der Waals surface area contributed by atoms with Crippen LogP contribution in [0, 0.1) is 0 Å². The lowest BCUT2D eigenvalue weighted by Gasteiger charge is -2.12. The largest absolute Gasteiger partial charge is 0.493 e. The molecule has 2 aromatic rings. The maximum Gasteiger partial charge on any atom is 0.263 e. The zero-order chi connectivity index (χ0) is 19.2. The fraction of sp³-hybridized carbons (Fsp3) is 0.158. The van der Waals surface area contributed by atoms with Crippen molar-refractivity contribution in [1.29, 1.82) is 0 Å². The van der Waals surface area contributed by atoms with Gasteiger partial charge < -0.3 is 19.5 Å². The van der Waals surface area contributed by atoms with Crippen molar-refractivity contribution in [1.82, 2.24) is 5.32 Å². The molecule has 0 saturated carbocycles. The van der Waals surface area contributed by atoms with Gasteiger partial charge in [-0.25, -0.2) is 0 Å². The molecule has 140 valence electrons. The van der Waals surface area contributed by atoms with Gasteiger partial charge in [0, 0.05) is 0 Å². The van der Waals surface area contributed by atoms with Gasteiger partial charge in [0.1, 0.15) is 23.3 Å². The molecule has 0 aromatic heterocycles. The number of carbonyl (C=O) groups is 1. The number of hydrogen-bond donors (Lipinski definition) is 1. The lowest BCUT2D eigenvalue weighted by Crippen LogP contribution is -2.17. The highest BCUT2D eigenvalue weighted by molar-refractivity contribution is 8.26. The number of ether oxygens (including phenoxy) is 3. The summed E-state index contributed by atoms with van der Waals surface area (Å²) in [7, 11) is 1.56. The summed E-state index contributed by atoms with van der Waals surface area (Å²) >= 11 is 12.3. The maximum atomic E-state index is 11.8. The number of carbonyl (C=O) groups excluding carboxylic acids is 1. The summed E-state index contributed by atoms with van der Waals surface area (Å²) in [5.41, 5.74) is 0.814. The minimum atomic E-state index is -0.194. The molecule has 1 N–H and O–H groups in total. The van der Waals surface area contributed by atoms with E-state index in [1.807, 2.05) is 18.2 Å². The minimum Gasteiger partial charge on any atom is -0.493 e. The summed E-state index contributed by atoms with van der Waals surface area (Å²) in [6.07, 6.45) is 1.76. The van der Waals surface area contributed by atoms with Crippen molar-refractivity contribution < 1.29 is 19.0 Å². The molecular weight excluding hydrogens is 406 g/mol. The molecule has 0 unspecified atom stereocenters. The molecule has 2 aromatic carbocycles. The number of hydrogen-bond acceptors (Lipinski definition) is 6. The summed E-state index contributed by atoms with van der Waals surface area (Å²) in [5.74, 6) is 1.57. The lowest BCUT2D eigenvalue weighted by molar-refractivity contribution is -0.115. The Bertz CT molecular complexity index is 901. The zero-order valence-electron chi connectivity index (χ0n) is 14.4. The molecular formula is C19H16ClNO4S2. The standard InChI is InChI=1S/C19H16ClNO4S2/c1-23-16-10-12(11-17-18(22)21-19(26)27-17)6-7-15(16)25-9-8-24-14-5-3-2-4-13(14)20/h2-7,10-11H,8-9H2,1H3,(H,21,22,26)/b17-11-. The first-order valence-corrected chi connectivity index (χ1v) is 9.60. The summed E-state index contributed by atoms with van der Waals surface area (Å²) in [6.45, 7) is 0.668. The summed E-state index contributed by atoms with van der Waals surface area (Å²) in [6, 6.07) is 12.7. The maximum absolute atomic E-state index is 11.8. The molecule has 0 radical (unpaired) electrons. The van der Waals surface area contributed by atoms with Gasteiger partial charge in [-0.3, -0.25) is 4.79 Å². The third kappa shape index (κ3) is 5.15. The highest BCUT2D eigenvalue weighted by Crippen LogP contribution is 2.31. The second kappa shape index (κ2) is 9.12. The first-order chi connectivity index (χ1) is 13.1. The lowest BCUT2D eigenvalue weighted by atomic mass is 10.2. The number of methoxy groups -OCH3 is 1. The van der Waals surface area contributed by atoms with Gasteiger partial charge in [0.15, 0.2) is 11.5 Å². The van der Waals surface area contributed by atoms with Crippen LogP contribution in [-0.2, 0) is 4.79 Å². The van der Waals surface area contributed by atoms with Crippen LogP contribution in [0.4, 0.5) is 0 Å². The second-order valence-corrected chi connectivity index (χ2v) is 7.52. The summed E-state index contributed by atoms with van der Waals surface area (Å²) in [4.78, 5) is 12.3. The molecule has 1 amide bonds. The van der Waals surface area contributed by atoms with Crippen LogP contribution in [0.25, 0.3) is 6.08 Å². The second-order valence-electron chi connectivity index (χ2n) is 5.39. The SMILES string of the molecule is COc1cc(/C=C2\SC(=S)NC2=O)ccc1OCCOc1ccccc1Cl. The number of nitrogens with one attached hydrogen (secondary N) is 1. The molecule has 8 heteroatoms. The van der Waals surface area contributed by atoms with Crippen molar-refractivity contribution in [3.8, 4) is 17.2 Å².